The van der Waals surface area contributed by atoms with Crippen molar-refractivity contribution in [3.63, 3.8) is 0 Å². The Labute approximate surface area is 97.3 Å². The molecule has 0 radical (unpaired) electrons. The van der Waals surface area contributed by atoms with Crippen LogP contribution in [-0.4, -0.2) is 17.9 Å². The van der Waals surface area contributed by atoms with Crippen LogP contribution in [0.4, 0.5) is 11.4 Å². The Morgan fingerprint density at radius 3 is 2.81 bits per heavy atom. The molecule has 0 heterocycles. The molecule has 6 heteroatoms. The summed E-state index contributed by atoms with van der Waals surface area (Å²) in [5, 5.41) is 10.7. The largest absolute Gasteiger partial charge is 0.496 e. The van der Waals surface area contributed by atoms with Gasteiger partial charge in [-0.1, -0.05) is 11.8 Å². The molecule has 1 aromatic rings. The standard InChI is InChI=1S/C10H9ClN2O3/c1-16-8-5-7(3-2-4-11)10(12)9(6-8)13(14)15/h5-6H,4,12H2,1H3. The van der Waals surface area contributed by atoms with E-state index in [1.54, 1.807) is 0 Å². The van der Waals surface area contributed by atoms with Crippen LogP contribution < -0.4 is 10.5 Å². The van der Waals surface area contributed by atoms with Crippen LogP contribution in [0.1, 0.15) is 5.56 Å². The Morgan fingerprint density at radius 1 is 1.62 bits per heavy atom. The number of nitro groups is 1. The SMILES string of the molecule is COc1cc(C#CCCl)c(N)c([N+](=O)[O-])c1. The van der Waals surface area contributed by atoms with Crippen LogP contribution in [0.5, 0.6) is 5.75 Å². The van der Waals surface area contributed by atoms with E-state index in [4.69, 9.17) is 22.1 Å². The molecule has 0 atom stereocenters. The van der Waals surface area contributed by atoms with Gasteiger partial charge < -0.3 is 10.5 Å². The lowest BCUT2D eigenvalue weighted by Gasteiger charge is -2.04. The van der Waals surface area contributed by atoms with Gasteiger partial charge in [0, 0.05) is 0 Å². The van der Waals surface area contributed by atoms with Gasteiger partial charge in [-0.05, 0) is 6.07 Å². The fourth-order valence-electron chi connectivity index (χ4n) is 1.11. The first-order valence-electron chi connectivity index (χ1n) is 4.27. The zero-order valence-electron chi connectivity index (χ0n) is 8.49. The topological polar surface area (TPSA) is 78.4 Å². The summed E-state index contributed by atoms with van der Waals surface area (Å²) in [6.07, 6.45) is 0. The van der Waals surface area contributed by atoms with Gasteiger partial charge in [-0.15, -0.1) is 11.6 Å². The summed E-state index contributed by atoms with van der Waals surface area (Å²) in [7, 11) is 1.41. The van der Waals surface area contributed by atoms with Crippen molar-refractivity contribution in [2.45, 2.75) is 0 Å². The molecular formula is C10H9ClN2O3. The zero-order chi connectivity index (χ0) is 12.1. The monoisotopic (exact) mass is 240 g/mol. The number of alkyl halides is 1. The summed E-state index contributed by atoms with van der Waals surface area (Å²) in [6, 6.07) is 2.78. The molecule has 0 spiro atoms. The highest BCUT2D eigenvalue weighted by atomic mass is 35.5. The van der Waals surface area contributed by atoms with Crippen molar-refractivity contribution in [3.8, 4) is 17.6 Å². The summed E-state index contributed by atoms with van der Waals surface area (Å²) in [5.41, 5.74) is 5.74. The van der Waals surface area contributed by atoms with Crippen molar-refractivity contribution in [1.82, 2.24) is 0 Å². The lowest BCUT2D eigenvalue weighted by atomic mass is 10.1. The van der Waals surface area contributed by atoms with E-state index in [0.29, 0.717) is 11.3 Å². The fourth-order valence-corrected chi connectivity index (χ4v) is 1.18. The summed E-state index contributed by atoms with van der Waals surface area (Å²) < 4.78 is 4.92. The van der Waals surface area contributed by atoms with Crippen LogP contribution in [0.15, 0.2) is 12.1 Å². The number of nitrogens with two attached hydrogens (primary N) is 1. The Hall–Kier alpha value is -1.93. The quantitative estimate of drug-likeness (QED) is 0.281. The number of nitrogens with zero attached hydrogens (tertiary/aromatic N) is 1. The lowest BCUT2D eigenvalue weighted by Crippen LogP contribution is -1.99. The molecule has 0 aliphatic carbocycles. The molecule has 0 fully saturated rings. The van der Waals surface area contributed by atoms with Gasteiger partial charge in [-0.3, -0.25) is 10.1 Å². The third-order valence-electron chi connectivity index (χ3n) is 1.85. The van der Waals surface area contributed by atoms with Crippen molar-refractivity contribution < 1.29 is 9.66 Å². The van der Waals surface area contributed by atoms with Gasteiger partial charge in [-0.2, -0.15) is 0 Å². The Bertz CT molecular complexity index is 477. The minimum absolute atomic E-state index is 0.0171. The van der Waals surface area contributed by atoms with E-state index in [2.05, 4.69) is 11.8 Å². The van der Waals surface area contributed by atoms with Gasteiger partial charge in [0.1, 0.15) is 11.4 Å². The van der Waals surface area contributed by atoms with E-state index in [-0.39, 0.29) is 17.3 Å². The maximum Gasteiger partial charge on any atom is 0.297 e. The smallest absolute Gasteiger partial charge is 0.297 e. The molecule has 0 saturated carbocycles. The highest BCUT2D eigenvalue weighted by molar-refractivity contribution is 6.19. The molecule has 0 aliphatic heterocycles. The van der Waals surface area contributed by atoms with Gasteiger partial charge in [0.05, 0.1) is 29.5 Å². The molecule has 0 bridgehead atoms. The molecule has 5 nitrogen and oxygen atoms in total. The molecule has 0 unspecified atom stereocenters. The highest BCUT2D eigenvalue weighted by Crippen LogP contribution is 2.30. The predicted molar refractivity (Wildman–Crippen MR) is 61.7 cm³/mol. The van der Waals surface area contributed by atoms with E-state index >= 15 is 0 Å². The van der Waals surface area contributed by atoms with Crippen LogP contribution in [0.2, 0.25) is 0 Å². The van der Waals surface area contributed by atoms with E-state index in [0.717, 1.165) is 0 Å². The average Bonchev–Trinajstić information content (AvgIpc) is 2.27. The molecule has 16 heavy (non-hydrogen) atoms. The molecule has 0 aromatic heterocycles. The van der Waals surface area contributed by atoms with Crippen molar-refractivity contribution in [1.29, 1.82) is 0 Å². The summed E-state index contributed by atoms with van der Waals surface area (Å²) in [5.74, 6) is 5.68. The van der Waals surface area contributed by atoms with Crippen LogP contribution in [0.25, 0.3) is 0 Å². The molecule has 2 N–H and O–H groups in total. The number of ether oxygens (including phenoxy) is 1. The first kappa shape index (κ1) is 12.1. The molecule has 1 rings (SSSR count). The van der Waals surface area contributed by atoms with E-state index in [1.807, 2.05) is 0 Å². The van der Waals surface area contributed by atoms with Crippen molar-refractivity contribution >= 4 is 23.0 Å². The number of rotatable bonds is 2. The second kappa shape index (κ2) is 5.24. The third kappa shape index (κ3) is 2.55. The lowest BCUT2D eigenvalue weighted by molar-refractivity contribution is -0.384. The summed E-state index contributed by atoms with van der Waals surface area (Å²) >= 11 is 5.40. The van der Waals surface area contributed by atoms with Crippen LogP contribution >= 0.6 is 11.6 Å². The maximum atomic E-state index is 10.7. The van der Waals surface area contributed by atoms with E-state index in [9.17, 15) is 10.1 Å². The van der Waals surface area contributed by atoms with Gasteiger partial charge >= 0.3 is 0 Å². The van der Waals surface area contributed by atoms with Gasteiger partial charge in [-0.25, -0.2) is 0 Å². The summed E-state index contributed by atoms with van der Waals surface area (Å²) in [6.45, 7) is 0. The molecule has 0 aliphatic rings. The molecule has 0 amide bonds. The first-order chi connectivity index (χ1) is 7.60. The Morgan fingerprint density at radius 2 is 2.31 bits per heavy atom. The van der Waals surface area contributed by atoms with E-state index in [1.165, 1.54) is 19.2 Å². The highest BCUT2D eigenvalue weighted by Gasteiger charge is 2.16. The number of halogens is 1. The first-order valence-corrected chi connectivity index (χ1v) is 4.80. The Balaban J connectivity index is 3.37. The van der Waals surface area contributed by atoms with Crippen molar-refractivity contribution in [3.05, 3.63) is 27.8 Å². The van der Waals surface area contributed by atoms with Crippen LogP contribution in [-0.2, 0) is 0 Å². The minimum Gasteiger partial charge on any atom is -0.496 e. The van der Waals surface area contributed by atoms with Crippen LogP contribution in [0.3, 0.4) is 0 Å². The normalized spacial score (nSPS) is 9.12. The van der Waals surface area contributed by atoms with Gasteiger partial charge in [0.15, 0.2) is 0 Å². The second-order valence-electron chi connectivity index (χ2n) is 2.80. The fraction of sp³-hybridized carbons (Fsp3) is 0.200. The average molecular weight is 241 g/mol. The molecule has 84 valence electrons. The van der Waals surface area contributed by atoms with Gasteiger partial charge in [0.2, 0.25) is 0 Å². The number of hydrogen-bond acceptors (Lipinski definition) is 4. The number of anilines is 1. The number of nitrogen functional groups attached to an aromatic ring is 1. The van der Waals surface area contributed by atoms with Crippen molar-refractivity contribution in [2.75, 3.05) is 18.7 Å². The maximum absolute atomic E-state index is 10.7. The van der Waals surface area contributed by atoms with Crippen LogP contribution in [0, 0.1) is 22.0 Å². The number of hydrogen-bond donors (Lipinski definition) is 1. The molecule has 0 saturated heterocycles. The number of nitro benzene ring substituents is 1. The van der Waals surface area contributed by atoms with Gasteiger partial charge in [0.25, 0.3) is 5.69 Å². The number of methoxy groups -OCH3 is 1. The summed E-state index contributed by atoms with van der Waals surface area (Å²) in [4.78, 5) is 10.1. The number of benzene rings is 1. The zero-order valence-corrected chi connectivity index (χ0v) is 9.25. The molecular weight excluding hydrogens is 232 g/mol. The second-order valence-corrected chi connectivity index (χ2v) is 3.07. The third-order valence-corrected chi connectivity index (χ3v) is 1.99. The minimum atomic E-state index is -0.580. The van der Waals surface area contributed by atoms with E-state index < -0.39 is 4.92 Å². The molecule has 1 aromatic carbocycles. The van der Waals surface area contributed by atoms with Crippen molar-refractivity contribution in [2.24, 2.45) is 0 Å². The predicted octanol–water partition coefficient (Wildman–Crippen LogP) is 1.78. The Kier molecular flexibility index (Phi) is 3.97.